The molecule has 0 aliphatic carbocycles. The average Bonchev–Trinajstić information content (AvgIpc) is 3.23. The van der Waals surface area contributed by atoms with Crippen molar-refractivity contribution in [1.29, 1.82) is 0 Å². The van der Waals surface area contributed by atoms with Crippen LogP contribution in [0.1, 0.15) is 48.8 Å². The molecule has 4 rings (SSSR count). The largest absolute Gasteiger partial charge is 0.353 e. The molecule has 0 bridgehead atoms. The maximum atomic E-state index is 13.1. The summed E-state index contributed by atoms with van der Waals surface area (Å²) in [4.78, 5) is 36.4. The van der Waals surface area contributed by atoms with Gasteiger partial charge >= 0.3 is 0 Å². The van der Waals surface area contributed by atoms with Crippen molar-refractivity contribution in [2.24, 2.45) is 5.92 Å². The van der Waals surface area contributed by atoms with E-state index in [2.05, 4.69) is 15.0 Å². The number of carbonyl (C=O) groups is 2. The van der Waals surface area contributed by atoms with E-state index in [1.165, 1.54) is 0 Å². The first-order valence-electron chi connectivity index (χ1n) is 11.8. The number of nitrogens with zero attached hydrogens (tertiary/aromatic N) is 6. The second-order valence-electron chi connectivity index (χ2n) is 8.84. The molecule has 32 heavy (non-hydrogen) atoms. The average molecular weight is 439 g/mol. The molecular weight excluding hydrogens is 404 g/mol. The summed E-state index contributed by atoms with van der Waals surface area (Å²) in [5.74, 6) is 1.65. The van der Waals surface area contributed by atoms with Gasteiger partial charge in [0.1, 0.15) is 11.5 Å². The quantitative estimate of drug-likeness (QED) is 0.693. The lowest BCUT2D eigenvalue weighted by Crippen LogP contribution is -2.49. The third-order valence-corrected chi connectivity index (χ3v) is 6.60. The van der Waals surface area contributed by atoms with Gasteiger partial charge < -0.3 is 14.7 Å². The Labute approximate surface area is 190 Å². The summed E-state index contributed by atoms with van der Waals surface area (Å²) in [5, 5.41) is 4.41. The minimum absolute atomic E-state index is 0.0640. The van der Waals surface area contributed by atoms with E-state index in [-0.39, 0.29) is 11.8 Å². The van der Waals surface area contributed by atoms with Crippen LogP contribution in [-0.4, -0.2) is 75.6 Å². The highest BCUT2D eigenvalue weighted by molar-refractivity contribution is 5.92. The molecule has 172 valence electrons. The van der Waals surface area contributed by atoms with E-state index in [1.54, 1.807) is 4.68 Å². The number of piperazine rings is 1. The molecule has 1 atom stereocenters. The third kappa shape index (κ3) is 5.11. The fraction of sp³-hybridized carbons (Fsp3) is 0.583. The predicted octanol–water partition coefficient (Wildman–Crippen LogP) is 2.59. The van der Waals surface area contributed by atoms with Crippen LogP contribution < -0.4 is 4.90 Å². The van der Waals surface area contributed by atoms with Gasteiger partial charge in [0, 0.05) is 58.4 Å². The van der Waals surface area contributed by atoms with Crippen molar-refractivity contribution in [3.8, 4) is 0 Å². The predicted molar refractivity (Wildman–Crippen MR) is 124 cm³/mol. The van der Waals surface area contributed by atoms with E-state index in [4.69, 9.17) is 0 Å². The van der Waals surface area contributed by atoms with Crippen LogP contribution in [0, 0.1) is 12.8 Å². The molecule has 0 spiro atoms. The highest BCUT2D eigenvalue weighted by Gasteiger charge is 2.28. The lowest BCUT2D eigenvalue weighted by Gasteiger charge is -2.36. The monoisotopic (exact) mass is 438 g/mol. The Hall–Kier alpha value is -2.90. The van der Waals surface area contributed by atoms with Crippen molar-refractivity contribution < 1.29 is 9.59 Å². The molecule has 0 radical (unpaired) electrons. The van der Waals surface area contributed by atoms with E-state index >= 15 is 0 Å². The van der Waals surface area contributed by atoms with Gasteiger partial charge in [0.05, 0.1) is 5.69 Å². The smallest absolute Gasteiger partial charge is 0.272 e. The molecular formula is C24H34N6O2. The molecule has 2 amide bonds. The molecule has 2 fully saturated rings. The second-order valence-corrected chi connectivity index (χ2v) is 8.84. The van der Waals surface area contributed by atoms with Crippen LogP contribution in [0.15, 0.2) is 30.5 Å². The van der Waals surface area contributed by atoms with Crippen molar-refractivity contribution in [2.45, 2.75) is 46.1 Å². The maximum absolute atomic E-state index is 13.1. The van der Waals surface area contributed by atoms with E-state index in [1.807, 2.05) is 54.1 Å². The zero-order chi connectivity index (χ0) is 22.5. The SMILES string of the molecule is CCn1nc(C)cc1C(=O)N1CCC[C@H](CCC(=O)N2CCN(c3ccccn3)CC2)C1. The number of hydrogen-bond acceptors (Lipinski definition) is 5. The number of aryl methyl sites for hydroxylation is 2. The van der Waals surface area contributed by atoms with E-state index < -0.39 is 0 Å². The lowest BCUT2D eigenvalue weighted by molar-refractivity contribution is -0.131. The van der Waals surface area contributed by atoms with Crippen LogP contribution in [0.5, 0.6) is 0 Å². The Balaban J connectivity index is 1.25. The van der Waals surface area contributed by atoms with E-state index in [9.17, 15) is 9.59 Å². The molecule has 0 saturated carbocycles. The summed E-state index contributed by atoms with van der Waals surface area (Å²) in [6.07, 6.45) is 5.28. The Kier molecular flexibility index (Phi) is 7.07. The summed E-state index contributed by atoms with van der Waals surface area (Å²) >= 11 is 0. The Morgan fingerprint density at radius 1 is 1.09 bits per heavy atom. The molecule has 2 aliphatic rings. The van der Waals surface area contributed by atoms with Crippen molar-refractivity contribution >= 4 is 17.6 Å². The number of likely N-dealkylation sites (tertiary alicyclic amines) is 1. The molecule has 8 heteroatoms. The summed E-state index contributed by atoms with van der Waals surface area (Å²) in [5.41, 5.74) is 1.55. The van der Waals surface area contributed by atoms with Gasteiger partial charge in [-0.25, -0.2) is 4.98 Å². The first-order chi connectivity index (χ1) is 15.5. The fourth-order valence-electron chi connectivity index (χ4n) is 4.82. The molecule has 2 aliphatic heterocycles. The summed E-state index contributed by atoms with van der Waals surface area (Å²) in [7, 11) is 0. The number of amides is 2. The molecule has 2 aromatic rings. The number of rotatable bonds is 6. The van der Waals surface area contributed by atoms with Crippen molar-refractivity contribution in [1.82, 2.24) is 24.6 Å². The van der Waals surface area contributed by atoms with Crippen molar-refractivity contribution in [3.63, 3.8) is 0 Å². The van der Waals surface area contributed by atoms with Crippen LogP contribution in [0.2, 0.25) is 0 Å². The van der Waals surface area contributed by atoms with Gasteiger partial charge in [-0.1, -0.05) is 6.07 Å². The zero-order valence-corrected chi connectivity index (χ0v) is 19.2. The van der Waals surface area contributed by atoms with Crippen molar-refractivity contribution in [3.05, 3.63) is 41.9 Å². The van der Waals surface area contributed by atoms with Gasteiger partial charge in [-0.2, -0.15) is 5.10 Å². The van der Waals surface area contributed by atoms with Gasteiger partial charge in [-0.3, -0.25) is 14.3 Å². The Morgan fingerprint density at radius 3 is 2.62 bits per heavy atom. The number of carbonyl (C=O) groups excluding carboxylic acids is 2. The van der Waals surface area contributed by atoms with Crippen LogP contribution >= 0.6 is 0 Å². The number of anilines is 1. The zero-order valence-electron chi connectivity index (χ0n) is 19.2. The molecule has 0 N–H and O–H groups in total. The van der Waals surface area contributed by atoms with Gasteiger partial charge in [0.25, 0.3) is 5.91 Å². The Bertz CT molecular complexity index is 920. The highest BCUT2D eigenvalue weighted by atomic mass is 16.2. The van der Waals surface area contributed by atoms with E-state index in [0.29, 0.717) is 24.6 Å². The number of hydrogen-bond donors (Lipinski definition) is 0. The first kappa shape index (κ1) is 22.3. The maximum Gasteiger partial charge on any atom is 0.272 e. The van der Waals surface area contributed by atoms with Crippen LogP contribution in [0.4, 0.5) is 5.82 Å². The molecule has 8 nitrogen and oxygen atoms in total. The normalized spacial score (nSPS) is 19.3. The first-order valence-corrected chi connectivity index (χ1v) is 11.8. The fourth-order valence-corrected chi connectivity index (χ4v) is 4.82. The minimum atomic E-state index is 0.0640. The van der Waals surface area contributed by atoms with Gasteiger partial charge in [-0.05, 0) is 57.2 Å². The van der Waals surface area contributed by atoms with Crippen LogP contribution in [-0.2, 0) is 11.3 Å². The Morgan fingerprint density at radius 2 is 1.91 bits per heavy atom. The lowest BCUT2D eigenvalue weighted by atomic mass is 9.93. The number of aromatic nitrogens is 3. The number of piperidine rings is 1. The topological polar surface area (TPSA) is 74.6 Å². The van der Waals surface area contributed by atoms with Gasteiger partial charge in [0.15, 0.2) is 0 Å². The summed E-state index contributed by atoms with van der Waals surface area (Å²) in [6, 6.07) is 7.81. The number of pyridine rings is 1. The molecule has 0 aromatic carbocycles. The molecule has 4 heterocycles. The second kappa shape index (κ2) is 10.1. The highest BCUT2D eigenvalue weighted by Crippen LogP contribution is 2.23. The minimum Gasteiger partial charge on any atom is -0.353 e. The van der Waals surface area contributed by atoms with Crippen LogP contribution in [0.3, 0.4) is 0 Å². The van der Waals surface area contributed by atoms with Gasteiger partial charge in [0.2, 0.25) is 5.91 Å². The van der Waals surface area contributed by atoms with Crippen LogP contribution in [0.25, 0.3) is 0 Å². The van der Waals surface area contributed by atoms with Crippen molar-refractivity contribution in [2.75, 3.05) is 44.2 Å². The standard InChI is InChI=1S/C24H34N6O2/c1-3-30-21(17-19(2)26-30)24(32)29-12-6-7-20(18-29)9-10-23(31)28-15-13-27(14-16-28)22-8-4-5-11-25-22/h4-5,8,11,17,20H,3,6-7,9-10,12-16,18H2,1-2H3/t20-/m1/s1. The van der Waals surface area contributed by atoms with E-state index in [0.717, 1.165) is 70.0 Å². The molecule has 2 saturated heterocycles. The summed E-state index contributed by atoms with van der Waals surface area (Å²) in [6.45, 7) is 9.25. The molecule has 2 aromatic heterocycles. The third-order valence-electron chi connectivity index (χ3n) is 6.60. The summed E-state index contributed by atoms with van der Waals surface area (Å²) < 4.78 is 1.79. The molecule has 0 unspecified atom stereocenters. The van der Waals surface area contributed by atoms with Gasteiger partial charge in [-0.15, -0.1) is 0 Å².